The number of hydrogen-bond donors (Lipinski definition) is 2. The van der Waals surface area contributed by atoms with Crippen molar-refractivity contribution in [2.45, 2.75) is 12.5 Å². The molecule has 0 aliphatic heterocycles. The summed E-state index contributed by atoms with van der Waals surface area (Å²) in [5.74, 6) is 0. The number of rotatable bonds is 2. The molecular weight excluding hydrogens is 181 g/mol. The highest BCUT2D eigenvalue weighted by molar-refractivity contribution is 5.83. The molecule has 0 saturated carbocycles. The molecule has 0 aliphatic carbocycles. The number of hydrogen-bond acceptors (Lipinski definition) is 1. The van der Waals surface area contributed by atoms with Gasteiger partial charge >= 0.3 is 0 Å². The SMILES string of the molecule is CC(O)(CF)c1c[nH]c2ccccc12. The van der Waals surface area contributed by atoms with E-state index in [2.05, 4.69) is 4.98 Å². The first-order valence-corrected chi connectivity index (χ1v) is 4.50. The summed E-state index contributed by atoms with van der Waals surface area (Å²) in [5.41, 5.74) is 0.117. The predicted molar refractivity (Wildman–Crippen MR) is 53.8 cm³/mol. The number of aromatic nitrogens is 1. The molecule has 0 aliphatic rings. The van der Waals surface area contributed by atoms with Gasteiger partial charge in [-0.15, -0.1) is 0 Å². The first-order valence-electron chi connectivity index (χ1n) is 4.50. The summed E-state index contributed by atoms with van der Waals surface area (Å²) in [7, 11) is 0. The van der Waals surface area contributed by atoms with Crippen molar-refractivity contribution in [2.75, 3.05) is 6.67 Å². The number of alkyl halides is 1. The van der Waals surface area contributed by atoms with E-state index in [1.807, 2.05) is 24.3 Å². The zero-order chi connectivity index (χ0) is 10.2. The average Bonchev–Trinajstić information content (AvgIpc) is 2.61. The summed E-state index contributed by atoms with van der Waals surface area (Å²) in [5, 5.41) is 10.7. The Hall–Kier alpha value is -1.35. The van der Waals surface area contributed by atoms with Crippen molar-refractivity contribution < 1.29 is 9.50 Å². The van der Waals surface area contributed by atoms with E-state index >= 15 is 0 Å². The van der Waals surface area contributed by atoms with E-state index in [-0.39, 0.29) is 0 Å². The maximum atomic E-state index is 12.6. The smallest absolute Gasteiger partial charge is 0.122 e. The quantitative estimate of drug-likeness (QED) is 0.754. The molecule has 0 fully saturated rings. The van der Waals surface area contributed by atoms with E-state index in [0.29, 0.717) is 5.56 Å². The normalized spacial score (nSPS) is 15.6. The Bertz CT molecular complexity index is 447. The van der Waals surface area contributed by atoms with Crippen LogP contribution in [0.5, 0.6) is 0 Å². The van der Waals surface area contributed by atoms with Crippen molar-refractivity contribution in [3.05, 3.63) is 36.0 Å². The number of para-hydroxylation sites is 1. The van der Waals surface area contributed by atoms with Crippen LogP contribution in [0.4, 0.5) is 4.39 Å². The van der Waals surface area contributed by atoms with Gasteiger partial charge in [0.15, 0.2) is 0 Å². The van der Waals surface area contributed by atoms with Gasteiger partial charge in [0.1, 0.15) is 12.3 Å². The molecular formula is C11H12FNO. The zero-order valence-electron chi connectivity index (χ0n) is 7.92. The molecule has 2 nitrogen and oxygen atoms in total. The zero-order valence-corrected chi connectivity index (χ0v) is 7.92. The maximum absolute atomic E-state index is 12.6. The number of nitrogens with one attached hydrogen (secondary N) is 1. The van der Waals surface area contributed by atoms with E-state index in [1.54, 1.807) is 6.20 Å². The van der Waals surface area contributed by atoms with Crippen molar-refractivity contribution in [2.24, 2.45) is 0 Å². The van der Waals surface area contributed by atoms with Gasteiger partial charge in [-0.05, 0) is 13.0 Å². The number of fused-ring (bicyclic) bond motifs is 1. The van der Waals surface area contributed by atoms with Crippen molar-refractivity contribution in [1.82, 2.24) is 4.98 Å². The molecule has 2 N–H and O–H groups in total. The lowest BCUT2D eigenvalue weighted by molar-refractivity contribution is 0.0314. The van der Waals surface area contributed by atoms with Gasteiger partial charge in [-0.1, -0.05) is 18.2 Å². The molecule has 14 heavy (non-hydrogen) atoms. The molecule has 0 bridgehead atoms. The number of aromatic amines is 1. The Kier molecular flexibility index (Phi) is 2.04. The second-order valence-corrected chi connectivity index (χ2v) is 3.66. The maximum Gasteiger partial charge on any atom is 0.122 e. The minimum Gasteiger partial charge on any atom is -0.383 e. The summed E-state index contributed by atoms with van der Waals surface area (Å²) in [4.78, 5) is 3.00. The van der Waals surface area contributed by atoms with Crippen LogP contribution in [0.1, 0.15) is 12.5 Å². The van der Waals surface area contributed by atoms with Crippen LogP contribution in [-0.4, -0.2) is 16.8 Å². The van der Waals surface area contributed by atoms with E-state index in [9.17, 15) is 9.50 Å². The molecule has 2 rings (SSSR count). The Morgan fingerprint density at radius 1 is 1.43 bits per heavy atom. The second-order valence-electron chi connectivity index (χ2n) is 3.66. The van der Waals surface area contributed by atoms with E-state index < -0.39 is 12.3 Å². The number of benzene rings is 1. The van der Waals surface area contributed by atoms with Crippen molar-refractivity contribution in [1.29, 1.82) is 0 Å². The highest BCUT2D eigenvalue weighted by Crippen LogP contribution is 2.28. The van der Waals surface area contributed by atoms with Crippen LogP contribution in [0.25, 0.3) is 10.9 Å². The highest BCUT2D eigenvalue weighted by Gasteiger charge is 2.25. The lowest BCUT2D eigenvalue weighted by atomic mass is 9.97. The highest BCUT2D eigenvalue weighted by atomic mass is 19.1. The first-order chi connectivity index (χ1) is 6.65. The summed E-state index contributed by atoms with van der Waals surface area (Å²) < 4.78 is 12.6. The lowest BCUT2D eigenvalue weighted by Gasteiger charge is -2.18. The van der Waals surface area contributed by atoms with Crippen LogP contribution in [0.2, 0.25) is 0 Å². The van der Waals surface area contributed by atoms with Crippen LogP contribution in [0.15, 0.2) is 30.5 Å². The number of H-pyrrole nitrogens is 1. The van der Waals surface area contributed by atoms with Gasteiger partial charge in [-0.3, -0.25) is 0 Å². The van der Waals surface area contributed by atoms with E-state index in [1.165, 1.54) is 6.92 Å². The molecule has 1 aromatic carbocycles. The summed E-state index contributed by atoms with van der Waals surface area (Å²) in [6.45, 7) is 0.692. The molecule has 74 valence electrons. The van der Waals surface area contributed by atoms with Gasteiger partial charge in [0.05, 0.1) is 0 Å². The fourth-order valence-electron chi connectivity index (χ4n) is 1.59. The third kappa shape index (κ3) is 1.30. The minimum atomic E-state index is -1.40. The van der Waals surface area contributed by atoms with Crippen LogP contribution < -0.4 is 0 Å². The third-order valence-electron chi connectivity index (χ3n) is 2.43. The Morgan fingerprint density at radius 3 is 2.86 bits per heavy atom. The van der Waals surface area contributed by atoms with Crippen molar-refractivity contribution >= 4 is 10.9 Å². The number of halogens is 1. The molecule has 2 aromatic rings. The predicted octanol–water partition coefficient (Wildman–Crippen LogP) is 2.34. The largest absolute Gasteiger partial charge is 0.383 e. The Morgan fingerprint density at radius 2 is 2.14 bits per heavy atom. The molecule has 1 unspecified atom stereocenters. The van der Waals surface area contributed by atoms with Crippen LogP contribution in [-0.2, 0) is 5.60 Å². The monoisotopic (exact) mass is 193 g/mol. The lowest BCUT2D eigenvalue weighted by Crippen LogP contribution is -2.23. The van der Waals surface area contributed by atoms with E-state index in [0.717, 1.165) is 10.9 Å². The van der Waals surface area contributed by atoms with Gasteiger partial charge in [0.2, 0.25) is 0 Å². The summed E-state index contributed by atoms with van der Waals surface area (Å²) in [6, 6.07) is 7.53. The molecule has 1 heterocycles. The summed E-state index contributed by atoms with van der Waals surface area (Å²) >= 11 is 0. The van der Waals surface area contributed by atoms with Crippen molar-refractivity contribution in [3.8, 4) is 0 Å². The van der Waals surface area contributed by atoms with Crippen LogP contribution in [0, 0.1) is 0 Å². The Balaban J connectivity index is 2.64. The van der Waals surface area contributed by atoms with Crippen LogP contribution in [0.3, 0.4) is 0 Å². The minimum absolute atomic E-state index is 0.607. The Labute approximate surface area is 81.4 Å². The molecule has 1 aromatic heterocycles. The van der Waals surface area contributed by atoms with Gasteiger partial charge < -0.3 is 10.1 Å². The van der Waals surface area contributed by atoms with Crippen molar-refractivity contribution in [3.63, 3.8) is 0 Å². The van der Waals surface area contributed by atoms with E-state index in [4.69, 9.17) is 0 Å². The van der Waals surface area contributed by atoms with Crippen LogP contribution >= 0.6 is 0 Å². The average molecular weight is 193 g/mol. The molecule has 3 heteroatoms. The first kappa shape index (κ1) is 9.21. The number of aliphatic hydroxyl groups is 1. The van der Waals surface area contributed by atoms with Gasteiger partial charge in [-0.25, -0.2) is 4.39 Å². The topological polar surface area (TPSA) is 36.0 Å². The molecule has 0 radical (unpaired) electrons. The molecule has 0 amide bonds. The molecule has 1 atom stereocenters. The molecule has 0 saturated heterocycles. The summed E-state index contributed by atoms with van der Waals surface area (Å²) in [6.07, 6.45) is 1.66. The molecule has 0 spiro atoms. The standard InChI is InChI=1S/C11H12FNO/c1-11(14,7-12)9-6-13-10-5-3-2-4-8(9)10/h2-6,13-14H,7H2,1H3. The second kappa shape index (κ2) is 3.10. The fraction of sp³-hybridized carbons (Fsp3) is 0.273. The van der Waals surface area contributed by atoms with Gasteiger partial charge in [0.25, 0.3) is 0 Å². The van der Waals surface area contributed by atoms with Gasteiger partial charge in [0, 0.05) is 22.7 Å². The third-order valence-corrected chi connectivity index (χ3v) is 2.43. The van der Waals surface area contributed by atoms with Gasteiger partial charge in [-0.2, -0.15) is 0 Å². The fourth-order valence-corrected chi connectivity index (χ4v) is 1.59.